The van der Waals surface area contributed by atoms with Crippen LogP contribution in [0.25, 0.3) is 0 Å². The van der Waals surface area contributed by atoms with Crippen molar-refractivity contribution in [3.8, 4) is 5.75 Å². The maximum absolute atomic E-state index is 13.5. The van der Waals surface area contributed by atoms with Crippen molar-refractivity contribution in [1.29, 1.82) is 0 Å². The molecule has 170 valence electrons. The molecule has 0 spiro atoms. The number of carbonyl (C=O) groups is 2. The number of hydrogen-bond donors (Lipinski definition) is 1. The first-order valence-electron chi connectivity index (χ1n) is 11.6. The number of nitrogens with zero attached hydrogens (tertiary/aromatic N) is 1. The molecule has 2 aromatic carbocycles. The third-order valence-electron chi connectivity index (χ3n) is 6.51. The standard InChI is InChI=1S/C27H28N2O3S/c1-2-24-27(31)29(23-11-5-8-18-7-3-4-10-22(18)23)17-19-15-20(12-13-25(19)32-24)28-26(30)16-21-9-6-14-33-21/h3-4,6-7,9-10,12-15,23-24H,2,5,8,11,16-17H2,1H3,(H,28,30)/t23-,24-/m1/s1. The number of ether oxygens (including phenoxy) is 1. The van der Waals surface area contributed by atoms with Crippen molar-refractivity contribution in [1.82, 2.24) is 4.90 Å². The molecule has 2 amide bonds. The van der Waals surface area contributed by atoms with Crippen LogP contribution < -0.4 is 10.1 Å². The summed E-state index contributed by atoms with van der Waals surface area (Å²) in [5, 5.41) is 4.98. The Morgan fingerprint density at radius 3 is 2.85 bits per heavy atom. The first kappa shape index (κ1) is 21.7. The van der Waals surface area contributed by atoms with Crippen LogP contribution in [0, 0.1) is 0 Å². The molecule has 0 bridgehead atoms. The number of hydrogen-bond acceptors (Lipinski definition) is 4. The summed E-state index contributed by atoms with van der Waals surface area (Å²) in [6.07, 6.45) is 3.54. The van der Waals surface area contributed by atoms with Gasteiger partial charge in [0.2, 0.25) is 5.91 Å². The van der Waals surface area contributed by atoms with Gasteiger partial charge in [-0.15, -0.1) is 11.3 Å². The van der Waals surface area contributed by atoms with Crippen molar-refractivity contribution < 1.29 is 14.3 Å². The largest absolute Gasteiger partial charge is 0.480 e. The SMILES string of the molecule is CC[C@H]1Oc2ccc(NC(=O)Cc3cccs3)cc2CN([C@@H]2CCCc3ccccc32)C1=O. The number of aryl methyl sites for hydroxylation is 1. The number of rotatable bonds is 5. The van der Waals surface area contributed by atoms with Crippen molar-refractivity contribution in [2.24, 2.45) is 0 Å². The van der Waals surface area contributed by atoms with Crippen LogP contribution in [-0.2, 0) is 29.0 Å². The second-order valence-corrected chi connectivity index (χ2v) is 9.75. The van der Waals surface area contributed by atoms with Gasteiger partial charge in [0.25, 0.3) is 5.91 Å². The quantitative estimate of drug-likeness (QED) is 0.546. The van der Waals surface area contributed by atoms with Gasteiger partial charge in [0.05, 0.1) is 19.0 Å². The van der Waals surface area contributed by atoms with Gasteiger partial charge in [-0.1, -0.05) is 37.3 Å². The first-order chi connectivity index (χ1) is 16.1. The van der Waals surface area contributed by atoms with Gasteiger partial charge in [-0.05, 0) is 66.5 Å². The molecule has 0 saturated carbocycles. The molecule has 1 aliphatic carbocycles. The van der Waals surface area contributed by atoms with E-state index in [0.29, 0.717) is 19.4 Å². The van der Waals surface area contributed by atoms with E-state index in [1.54, 1.807) is 11.3 Å². The fourth-order valence-electron chi connectivity index (χ4n) is 4.90. The van der Waals surface area contributed by atoms with E-state index in [1.807, 2.05) is 47.5 Å². The Labute approximate surface area is 198 Å². The van der Waals surface area contributed by atoms with Gasteiger partial charge >= 0.3 is 0 Å². The van der Waals surface area contributed by atoms with Crippen LogP contribution in [0.2, 0.25) is 0 Å². The van der Waals surface area contributed by atoms with Gasteiger partial charge < -0.3 is 15.0 Å². The van der Waals surface area contributed by atoms with Gasteiger partial charge in [-0.3, -0.25) is 9.59 Å². The molecule has 5 nitrogen and oxygen atoms in total. The summed E-state index contributed by atoms with van der Waals surface area (Å²) in [5.41, 5.74) is 4.23. The maximum Gasteiger partial charge on any atom is 0.264 e. The molecule has 2 aliphatic rings. The molecule has 0 fully saturated rings. The van der Waals surface area contributed by atoms with E-state index in [4.69, 9.17) is 4.74 Å². The van der Waals surface area contributed by atoms with E-state index in [0.717, 1.165) is 41.1 Å². The van der Waals surface area contributed by atoms with Crippen LogP contribution in [0.15, 0.2) is 60.0 Å². The highest BCUT2D eigenvalue weighted by Gasteiger charge is 2.36. The van der Waals surface area contributed by atoms with Crippen molar-refractivity contribution in [2.45, 2.75) is 57.7 Å². The molecule has 1 aromatic heterocycles. The van der Waals surface area contributed by atoms with Crippen molar-refractivity contribution >= 4 is 28.8 Å². The average Bonchev–Trinajstić information content (AvgIpc) is 3.29. The Hall–Kier alpha value is -3.12. The highest BCUT2D eigenvalue weighted by Crippen LogP contribution is 2.39. The smallest absolute Gasteiger partial charge is 0.264 e. The van der Waals surface area contributed by atoms with Crippen molar-refractivity contribution in [3.05, 3.63) is 81.5 Å². The second-order valence-electron chi connectivity index (χ2n) is 8.71. The number of nitrogens with one attached hydrogen (secondary N) is 1. The van der Waals surface area contributed by atoms with Crippen LogP contribution in [0.1, 0.15) is 53.8 Å². The zero-order valence-electron chi connectivity index (χ0n) is 18.8. The van der Waals surface area contributed by atoms with Crippen LogP contribution in [0.3, 0.4) is 0 Å². The second kappa shape index (κ2) is 9.40. The lowest BCUT2D eigenvalue weighted by molar-refractivity contribution is -0.141. The minimum Gasteiger partial charge on any atom is -0.480 e. The Morgan fingerprint density at radius 2 is 2.03 bits per heavy atom. The highest BCUT2D eigenvalue weighted by molar-refractivity contribution is 7.10. The molecule has 5 rings (SSSR count). The number of carbonyl (C=O) groups excluding carboxylic acids is 2. The van der Waals surface area contributed by atoms with Gasteiger partial charge in [0.1, 0.15) is 5.75 Å². The zero-order valence-corrected chi connectivity index (χ0v) is 19.6. The molecule has 33 heavy (non-hydrogen) atoms. The summed E-state index contributed by atoms with van der Waals surface area (Å²) >= 11 is 1.58. The lowest BCUT2D eigenvalue weighted by Gasteiger charge is -2.36. The molecule has 6 heteroatoms. The molecule has 2 atom stereocenters. The van der Waals surface area contributed by atoms with Crippen molar-refractivity contribution in [3.63, 3.8) is 0 Å². The topological polar surface area (TPSA) is 58.6 Å². The third kappa shape index (κ3) is 4.53. The summed E-state index contributed by atoms with van der Waals surface area (Å²) < 4.78 is 6.17. The van der Waals surface area contributed by atoms with E-state index >= 15 is 0 Å². The van der Waals surface area contributed by atoms with E-state index in [2.05, 4.69) is 29.6 Å². The van der Waals surface area contributed by atoms with Crippen molar-refractivity contribution in [2.75, 3.05) is 5.32 Å². The molecule has 0 radical (unpaired) electrons. The van der Waals surface area contributed by atoms with E-state index in [-0.39, 0.29) is 17.9 Å². The average molecular weight is 461 g/mol. The van der Waals surface area contributed by atoms with Gasteiger partial charge in [-0.25, -0.2) is 0 Å². The van der Waals surface area contributed by atoms with Gasteiger partial charge in [0, 0.05) is 16.1 Å². The molecule has 0 unspecified atom stereocenters. The molecule has 0 saturated heterocycles. The predicted octanol–water partition coefficient (Wildman–Crippen LogP) is 5.51. The normalized spacial score (nSPS) is 19.8. The van der Waals surface area contributed by atoms with Crippen LogP contribution >= 0.6 is 11.3 Å². The fraction of sp³-hybridized carbons (Fsp3) is 0.333. The number of amides is 2. The number of benzene rings is 2. The molecular formula is C27H28N2O3S. The lowest BCUT2D eigenvalue weighted by Crippen LogP contribution is -2.42. The summed E-state index contributed by atoms with van der Waals surface area (Å²) in [7, 11) is 0. The molecule has 1 N–H and O–H groups in total. The van der Waals surface area contributed by atoms with Gasteiger partial charge in [0.15, 0.2) is 6.10 Å². The highest BCUT2D eigenvalue weighted by atomic mass is 32.1. The van der Waals surface area contributed by atoms with E-state index < -0.39 is 6.10 Å². The lowest BCUT2D eigenvalue weighted by atomic mass is 9.86. The van der Waals surface area contributed by atoms with Crippen LogP contribution in [0.4, 0.5) is 5.69 Å². The number of fused-ring (bicyclic) bond motifs is 2. The zero-order chi connectivity index (χ0) is 22.8. The Morgan fingerprint density at radius 1 is 1.15 bits per heavy atom. The molecule has 3 aromatic rings. The van der Waals surface area contributed by atoms with Crippen LogP contribution in [0.5, 0.6) is 5.75 Å². The van der Waals surface area contributed by atoms with Gasteiger partial charge in [-0.2, -0.15) is 0 Å². The maximum atomic E-state index is 13.5. The Bertz CT molecular complexity index is 1160. The number of anilines is 1. The summed E-state index contributed by atoms with van der Waals surface area (Å²) in [6.45, 7) is 2.46. The molecule has 2 heterocycles. The number of thiophene rings is 1. The van der Waals surface area contributed by atoms with E-state index in [1.165, 1.54) is 11.1 Å². The summed E-state index contributed by atoms with van der Waals surface area (Å²) in [5.74, 6) is 0.712. The predicted molar refractivity (Wildman–Crippen MR) is 130 cm³/mol. The minimum absolute atomic E-state index is 0.0404. The fourth-order valence-corrected chi connectivity index (χ4v) is 5.60. The molecule has 1 aliphatic heterocycles. The monoisotopic (exact) mass is 460 g/mol. The Kier molecular flexibility index (Phi) is 6.18. The van der Waals surface area contributed by atoms with E-state index in [9.17, 15) is 9.59 Å². The Balaban J connectivity index is 1.43. The minimum atomic E-state index is -0.500. The summed E-state index contributed by atoms with van der Waals surface area (Å²) in [4.78, 5) is 29.1. The molecular weight excluding hydrogens is 432 g/mol. The third-order valence-corrected chi connectivity index (χ3v) is 7.39. The first-order valence-corrected chi connectivity index (χ1v) is 12.5. The van der Waals surface area contributed by atoms with Crippen LogP contribution in [-0.4, -0.2) is 22.8 Å². The summed E-state index contributed by atoms with van der Waals surface area (Å²) in [6, 6.07) is 18.1.